The normalized spacial score (nSPS) is 19.0. The number of hydrogen-bond donors (Lipinski definition) is 2. The number of benzene rings is 1. The van der Waals surface area contributed by atoms with Crippen LogP contribution in [0.2, 0.25) is 0 Å². The van der Waals surface area contributed by atoms with Gasteiger partial charge < -0.3 is 15.0 Å². The van der Waals surface area contributed by atoms with Crippen LogP contribution in [0.3, 0.4) is 0 Å². The van der Waals surface area contributed by atoms with Crippen molar-refractivity contribution in [1.82, 2.24) is 14.9 Å². The molecule has 122 valence electrons. The Balaban J connectivity index is 2.36. The van der Waals surface area contributed by atoms with E-state index in [1.165, 1.54) is 26.3 Å². The first-order valence-electron chi connectivity index (χ1n) is 7.03. The molecule has 1 atom stereocenters. The first-order valence-corrected chi connectivity index (χ1v) is 8.51. The van der Waals surface area contributed by atoms with Gasteiger partial charge in [-0.3, -0.25) is 4.79 Å². The first kappa shape index (κ1) is 16.7. The summed E-state index contributed by atoms with van der Waals surface area (Å²) in [6.45, 7) is 3.93. The Kier molecular flexibility index (Phi) is 5.05. The van der Waals surface area contributed by atoms with Crippen LogP contribution in [-0.2, 0) is 10.0 Å². The zero-order chi connectivity index (χ0) is 16.3. The fourth-order valence-electron chi connectivity index (χ4n) is 2.43. The molecule has 1 heterocycles. The molecular weight excluding hydrogens is 306 g/mol. The average molecular weight is 327 g/mol. The van der Waals surface area contributed by atoms with Crippen LogP contribution in [0.4, 0.5) is 0 Å². The van der Waals surface area contributed by atoms with E-state index in [2.05, 4.69) is 10.0 Å². The third-order valence-electron chi connectivity index (χ3n) is 3.62. The summed E-state index contributed by atoms with van der Waals surface area (Å²) in [6.07, 6.45) is 0. The van der Waals surface area contributed by atoms with Crippen molar-refractivity contribution < 1.29 is 17.9 Å². The van der Waals surface area contributed by atoms with Gasteiger partial charge in [0.2, 0.25) is 10.0 Å². The van der Waals surface area contributed by atoms with Crippen LogP contribution in [0.25, 0.3) is 0 Å². The number of ether oxygens (including phenoxy) is 1. The van der Waals surface area contributed by atoms with Crippen LogP contribution >= 0.6 is 0 Å². The van der Waals surface area contributed by atoms with E-state index in [4.69, 9.17) is 4.74 Å². The Morgan fingerprint density at radius 3 is 2.77 bits per heavy atom. The Morgan fingerprint density at radius 1 is 1.45 bits per heavy atom. The lowest BCUT2D eigenvalue weighted by molar-refractivity contribution is 0.0709. The maximum Gasteiger partial charge on any atom is 0.253 e. The second-order valence-corrected chi connectivity index (χ2v) is 7.03. The smallest absolute Gasteiger partial charge is 0.253 e. The van der Waals surface area contributed by atoms with Crippen molar-refractivity contribution >= 4 is 15.9 Å². The second kappa shape index (κ2) is 6.64. The summed E-state index contributed by atoms with van der Waals surface area (Å²) in [4.78, 5) is 14.2. The molecular formula is C14H21N3O4S. The minimum Gasteiger partial charge on any atom is -0.495 e. The maximum absolute atomic E-state index is 12.6. The summed E-state index contributed by atoms with van der Waals surface area (Å²) in [6, 6.07) is 4.67. The zero-order valence-corrected chi connectivity index (χ0v) is 13.7. The lowest BCUT2D eigenvalue weighted by Gasteiger charge is -2.32. The van der Waals surface area contributed by atoms with E-state index in [-0.39, 0.29) is 22.6 Å². The van der Waals surface area contributed by atoms with E-state index in [9.17, 15) is 13.2 Å². The number of carbonyl (C=O) groups is 1. The quantitative estimate of drug-likeness (QED) is 0.815. The standard InChI is InChI=1S/C14H21N3O4S/c1-10-9-17(7-6-16-10)14(18)11-4-5-12(21-3)13(8-11)22(19,20)15-2/h4-5,8,10,15-16H,6-7,9H2,1-3H3/t10-/m1/s1. The van der Waals surface area contributed by atoms with Gasteiger partial charge in [0.15, 0.2) is 0 Å². The minimum absolute atomic E-state index is 0.0356. The Morgan fingerprint density at radius 2 is 2.18 bits per heavy atom. The fourth-order valence-corrected chi connectivity index (χ4v) is 3.35. The molecule has 1 amide bonds. The largest absolute Gasteiger partial charge is 0.495 e. The van der Waals surface area contributed by atoms with Crippen LogP contribution in [0.15, 0.2) is 23.1 Å². The third kappa shape index (κ3) is 3.40. The molecule has 2 rings (SSSR count). The number of rotatable bonds is 4. The molecule has 1 aromatic rings. The molecule has 1 fully saturated rings. The lowest BCUT2D eigenvalue weighted by atomic mass is 10.1. The lowest BCUT2D eigenvalue weighted by Crippen LogP contribution is -2.51. The number of carbonyl (C=O) groups excluding carboxylic acids is 1. The molecule has 0 spiro atoms. The van der Waals surface area contributed by atoms with Gasteiger partial charge >= 0.3 is 0 Å². The summed E-state index contributed by atoms with van der Waals surface area (Å²) < 4.78 is 31.4. The predicted molar refractivity (Wildman–Crippen MR) is 82.6 cm³/mol. The number of nitrogens with zero attached hydrogens (tertiary/aromatic N) is 1. The summed E-state index contributed by atoms with van der Waals surface area (Å²) >= 11 is 0. The summed E-state index contributed by atoms with van der Waals surface area (Å²) in [5.41, 5.74) is 0.337. The van der Waals surface area contributed by atoms with Crippen LogP contribution < -0.4 is 14.8 Å². The molecule has 1 aromatic carbocycles. The molecule has 8 heteroatoms. The molecule has 1 aliphatic rings. The molecule has 0 aliphatic carbocycles. The molecule has 1 aliphatic heterocycles. The second-order valence-electron chi connectivity index (χ2n) is 5.18. The molecule has 0 aromatic heterocycles. The van der Waals surface area contributed by atoms with E-state index in [0.29, 0.717) is 18.7 Å². The maximum atomic E-state index is 12.6. The summed E-state index contributed by atoms with van der Waals surface area (Å²) in [5.74, 6) is 0.0307. The van der Waals surface area contributed by atoms with Gasteiger partial charge in [-0.15, -0.1) is 0 Å². The van der Waals surface area contributed by atoms with Gasteiger partial charge in [0.25, 0.3) is 5.91 Å². The van der Waals surface area contributed by atoms with E-state index >= 15 is 0 Å². The zero-order valence-electron chi connectivity index (χ0n) is 12.9. The van der Waals surface area contributed by atoms with Crippen molar-refractivity contribution in [3.05, 3.63) is 23.8 Å². The molecule has 0 unspecified atom stereocenters. The van der Waals surface area contributed by atoms with Crippen molar-refractivity contribution in [2.45, 2.75) is 17.9 Å². The molecule has 2 N–H and O–H groups in total. The Labute approximate surface area is 130 Å². The topological polar surface area (TPSA) is 87.7 Å². The van der Waals surface area contributed by atoms with Gasteiger partial charge in [-0.25, -0.2) is 13.1 Å². The molecule has 0 radical (unpaired) electrons. The van der Waals surface area contributed by atoms with Crippen LogP contribution in [0.5, 0.6) is 5.75 Å². The highest BCUT2D eigenvalue weighted by Gasteiger charge is 2.25. The Hall–Kier alpha value is -1.64. The third-order valence-corrected chi connectivity index (χ3v) is 5.06. The van der Waals surface area contributed by atoms with Crippen molar-refractivity contribution in [1.29, 1.82) is 0 Å². The predicted octanol–water partition coefficient (Wildman–Crippen LogP) is 0.0372. The number of sulfonamides is 1. The van der Waals surface area contributed by atoms with Crippen LogP contribution in [0, 0.1) is 0 Å². The molecule has 22 heavy (non-hydrogen) atoms. The average Bonchev–Trinajstić information content (AvgIpc) is 2.53. The van der Waals surface area contributed by atoms with E-state index in [1.807, 2.05) is 6.92 Å². The van der Waals surface area contributed by atoms with Gasteiger partial charge in [0, 0.05) is 31.2 Å². The van der Waals surface area contributed by atoms with Crippen molar-refractivity contribution in [3.63, 3.8) is 0 Å². The van der Waals surface area contributed by atoms with E-state index in [1.54, 1.807) is 11.0 Å². The minimum atomic E-state index is -3.70. The van der Waals surface area contributed by atoms with Gasteiger partial charge in [0.05, 0.1) is 7.11 Å². The number of amides is 1. The van der Waals surface area contributed by atoms with Gasteiger partial charge in [0.1, 0.15) is 10.6 Å². The SMILES string of the molecule is CNS(=O)(=O)c1cc(C(=O)N2CCN[C@H](C)C2)ccc1OC. The van der Waals surface area contributed by atoms with Crippen LogP contribution in [-0.4, -0.2) is 59.1 Å². The first-order chi connectivity index (χ1) is 10.4. The van der Waals surface area contributed by atoms with Crippen molar-refractivity contribution in [2.24, 2.45) is 0 Å². The molecule has 0 saturated carbocycles. The number of hydrogen-bond acceptors (Lipinski definition) is 5. The van der Waals surface area contributed by atoms with E-state index in [0.717, 1.165) is 6.54 Å². The van der Waals surface area contributed by atoms with Crippen molar-refractivity contribution in [3.8, 4) is 5.75 Å². The number of piperazine rings is 1. The molecule has 0 bridgehead atoms. The van der Waals surface area contributed by atoms with Crippen LogP contribution in [0.1, 0.15) is 17.3 Å². The van der Waals surface area contributed by atoms with Gasteiger partial charge in [-0.2, -0.15) is 0 Å². The van der Waals surface area contributed by atoms with Gasteiger partial charge in [-0.1, -0.05) is 0 Å². The fraction of sp³-hybridized carbons (Fsp3) is 0.500. The molecule has 7 nitrogen and oxygen atoms in total. The van der Waals surface area contributed by atoms with Gasteiger partial charge in [-0.05, 0) is 32.2 Å². The van der Waals surface area contributed by atoms with Crippen molar-refractivity contribution in [2.75, 3.05) is 33.8 Å². The number of nitrogens with one attached hydrogen (secondary N) is 2. The summed E-state index contributed by atoms with van der Waals surface area (Å²) in [7, 11) is -0.984. The summed E-state index contributed by atoms with van der Waals surface area (Å²) in [5, 5.41) is 3.26. The monoisotopic (exact) mass is 327 g/mol. The molecule has 1 saturated heterocycles. The number of methoxy groups -OCH3 is 1. The highest BCUT2D eigenvalue weighted by molar-refractivity contribution is 7.89. The Bertz CT molecular complexity index is 660. The van der Waals surface area contributed by atoms with E-state index < -0.39 is 10.0 Å². The highest BCUT2D eigenvalue weighted by Crippen LogP contribution is 2.25. The highest BCUT2D eigenvalue weighted by atomic mass is 32.2.